The molecule has 206 valence electrons. The van der Waals surface area contributed by atoms with E-state index < -0.39 is 66.2 Å². The van der Waals surface area contributed by atoms with Crippen LogP contribution in [0.3, 0.4) is 0 Å². The van der Waals surface area contributed by atoms with Crippen molar-refractivity contribution < 1.29 is 34.2 Å². The number of nitrogens with two attached hydrogens (primary N) is 3. The van der Waals surface area contributed by atoms with Crippen LogP contribution in [0.1, 0.15) is 38.8 Å². The number of carboxylic acids is 2. The highest BCUT2D eigenvalue weighted by molar-refractivity contribution is 5.94. The van der Waals surface area contributed by atoms with Crippen molar-refractivity contribution in [2.75, 3.05) is 6.54 Å². The van der Waals surface area contributed by atoms with Crippen molar-refractivity contribution in [2.45, 2.75) is 63.7 Å². The molecule has 0 aliphatic heterocycles. The van der Waals surface area contributed by atoms with E-state index in [4.69, 9.17) is 22.3 Å². The van der Waals surface area contributed by atoms with E-state index in [1.807, 2.05) is 0 Å². The summed E-state index contributed by atoms with van der Waals surface area (Å²) in [6, 6.07) is -5.06. The molecule has 16 nitrogen and oxygen atoms in total. The van der Waals surface area contributed by atoms with Crippen LogP contribution >= 0.6 is 0 Å². The number of rotatable bonds is 16. The summed E-state index contributed by atoms with van der Waals surface area (Å²) in [5, 5.41) is 25.7. The fourth-order valence-corrected chi connectivity index (χ4v) is 3.20. The Labute approximate surface area is 212 Å². The van der Waals surface area contributed by atoms with Crippen LogP contribution in [-0.2, 0) is 30.4 Å². The molecule has 3 amide bonds. The molecule has 4 atom stereocenters. The highest BCUT2D eigenvalue weighted by Gasteiger charge is 2.32. The number of amides is 3. The third-order valence-corrected chi connectivity index (χ3v) is 5.15. The van der Waals surface area contributed by atoms with Gasteiger partial charge in [0.05, 0.1) is 18.8 Å². The van der Waals surface area contributed by atoms with Crippen LogP contribution in [0.5, 0.6) is 0 Å². The van der Waals surface area contributed by atoms with Crippen molar-refractivity contribution in [3.63, 3.8) is 0 Å². The van der Waals surface area contributed by atoms with Crippen molar-refractivity contribution >= 4 is 35.6 Å². The van der Waals surface area contributed by atoms with Crippen LogP contribution < -0.4 is 33.2 Å². The Morgan fingerprint density at radius 2 is 1.68 bits per heavy atom. The van der Waals surface area contributed by atoms with Gasteiger partial charge >= 0.3 is 11.9 Å². The monoisotopic (exact) mass is 525 g/mol. The lowest BCUT2D eigenvalue weighted by molar-refractivity contribution is -0.142. The van der Waals surface area contributed by atoms with E-state index in [0.717, 1.165) is 0 Å². The van der Waals surface area contributed by atoms with Gasteiger partial charge < -0.3 is 48.3 Å². The number of aromatic amines is 1. The van der Waals surface area contributed by atoms with Crippen molar-refractivity contribution in [3.05, 3.63) is 18.2 Å². The molecule has 4 unspecified atom stereocenters. The van der Waals surface area contributed by atoms with Gasteiger partial charge in [-0.25, -0.2) is 9.78 Å². The predicted molar refractivity (Wildman–Crippen MR) is 131 cm³/mol. The van der Waals surface area contributed by atoms with E-state index in [9.17, 15) is 29.1 Å². The minimum Gasteiger partial charge on any atom is -0.481 e. The number of hydrogen-bond acceptors (Lipinski definition) is 8. The first-order valence-corrected chi connectivity index (χ1v) is 11.5. The first-order chi connectivity index (χ1) is 17.3. The fraction of sp³-hybridized carbons (Fsp3) is 0.571. The zero-order chi connectivity index (χ0) is 28.1. The molecule has 12 N–H and O–H groups in total. The lowest BCUT2D eigenvalue weighted by Crippen LogP contribution is -2.58. The summed E-state index contributed by atoms with van der Waals surface area (Å²) in [4.78, 5) is 71.3. The Bertz CT molecular complexity index is 962. The van der Waals surface area contributed by atoms with Crippen LogP contribution in [-0.4, -0.2) is 86.5 Å². The number of hydrogen-bond donors (Lipinski definition) is 9. The van der Waals surface area contributed by atoms with E-state index in [2.05, 4.69) is 30.9 Å². The Balaban J connectivity index is 3.01. The molecule has 37 heavy (non-hydrogen) atoms. The minimum absolute atomic E-state index is 0.0437. The van der Waals surface area contributed by atoms with Crippen molar-refractivity contribution in [3.8, 4) is 0 Å². The maximum atomic E-state index is 13.0. The maximum Gasteiger partial charge on any atom is 0.326 e. The largest absolute Gasteiger partial charge is 0.481 e. The second-order valence-corrected chi connectivity index (χ2v) is 8.63. The van der Waals surface area contributed by atoms with Gasteiger partial charge in [-0.05, 0) is 18.8 Å². The summed E-state index contributed by atoms with van der Waals surface area (Å²) < 4.78 is 0. The van der Waals surface area contributed by atoms with E-state index in [-0.39, 0.29) is 31.8 Å². The predicted octanol–water partition coefficient (Wildman–Crippen LogP) is -3.00. The lowest BCUT2D eigenvalue weighted by Gasteiger charge is -2.26. The van der Waals surface area contributed by atoms with Gasteiger partial charge in [-0.1, -0.05) is 13.8 Å². The molecule has 0 spiro atoms. The van der Waals surface area contributed by atoms with Gasteiger partial charge in [-0.2, -0.15) is 0 Å². The number of aliphatic carboxylic acids is 2. The molecule has 1 heterocycles. The molecular formula is C21H35N9O7. The molecule has 0 aliphatic carbocycles. The first kappa shape index (κ1) is 30.8. The summed E-state index contributed by atoms with van der Waals surface area (Å²) in [6.07, 6.45) is 2.37. The number of nitrogens with zero attached hydrogens (tertiary/aromatic N) is 2. The molecule has 0 saturated carbocycles. The summed E-state index contributed by atoms with van der Waals surface area (Å²) in [5.41, 5.74) is 16.7. The number of carbonyl (C=O) groups is 5. The average molecular weight is 526 g/mol. The molecule has 16 heteroatoms. The first-order valence-electron chi connectivity index (χ1n) is 11.5. The SMILES string of the molecule is CC(C)C(NC(=O)C(N)CC(=O)O)C(=O)NC(CCCN=C(N)N)C(=O)NC(Cc1cnc[nH]1)C(=O)O. The normalized spacial score (nSPS) is 14.1. The second-order valence-electron chi connectivity index (χ2n) is 8.63. The molecule has 1 aromatic rings. The zero-order valence-electron chi connectivity index (χ0n) is 20.6. The van der Waals surface area contributed by atoms with Gasteiger partial charge in [0.15, 0.2) is 5.96 Å². The van der Waals surface area contributed by atoms with Crippen LogP contribution in [0.4, 0.5) is 0 Å². The van der Waals surface area contributed by atoms with Gasteiger partial charge in [-0.3, -0.25) is 24.2 Å². The van der Waals surface area contributed by atoms with Crippen molar-refractivity contribution in [1.29, 1.82) is 0 Å². The van der Waals surface area contributed by atoms with E-state index in [1.54, 1.807) is 13.8 Å². The fourth-order valence-electron chi connectivity index (χ4n) is 3.20. The standard InChI is InChI=1S/C21H35N9O7/c1-10(2)16(30-17(33)12(22)7-15(31)32)19(35)28-13(4-3-5-26-21(23)24)18(34)29-14(20(36)37)6-11-8-25-9-27-11/h8-10,12-14,16H,3-7,22H2,1-2H3,(H,25,27)(H,28,35)(H,29,34)(H,30,33)(H,31,32)(H,36,37)(H4,23,24,26). The Hall–Kier alpha value is -4.21. The van der Waals surface area contributed by atoms with Crippen LogP contribution in [0.2, 0.25) is 0 Å². The van der Waals surface area contributed by atoms with Gasteiger partial charge in [0, 0.05) is 24.9 Å². The molecule has 0 fully saturated rings. The molecule has 0 aliphatic rings. The second kappa shape index (κ2) is 15.0. The third-order valence-electron chi connectivity index (χ3n) is 5.15. The van der Waals surface area contributed by atoms with Crippen LogP contribution in [0.25, 0.3) is 0 Å². The van der Waals surface area contributed by atoms with Crippen molar-refractivity contribution in [2.24, 2.45) is 28.1 Å². The number of carbonyl (C=O) groups excluding carboxylic acids is 3. The molecule has 1 aromatic heterocycles. The van der Waals surface area contributed by atoms with Crippen LogP contribution in [0.15, 0.2) is 17.5 Å². The molecule has 0 bridgehead atoms. The number of aromatic nitrogens is 2. The molecular weight excluding hydrogens is 490 g/mol. The highest BCUT2D eigenvalue weighted by atomic mass is 16.4. The number of nitrogens with one attached hydrogen (secondary N) is 4. The number of carboxylic acid groups (broad SMARTS) is 2. The summed E-state index contributed by atoms with van der Waals surface area (Å²) in [5.74, 6) is -5.57. The maximum absolute atomic E-state index is 13.0. The van der Waals surface area contributed by atoms with Crippen LogP contribution in [0, 0.1) is 5.92 Å². The number of imidazole rings is 1. The highest BCUT2D eigenvalue weighted by Crippen LogP contribution is 2.07. The summed E-state index contributed by atoms with van der Waals surface area (Å²) in [7, 11) is 0. The molecule has 0 radical (unpaired) electrons. The number of H-pyrrole nitrogens is 1. The van der Waals surface area contributed by atoms with Gasteiger partial charge in [-0.15, -0.1) is 0 Å². The van der Waals surface area contributed by atoms with Gasteiger partial charge in [0.1, 0.15) is 18.1 Å². The van der Waals surface area contributed by atoms with E-state index in [0.29, 0.717) is 5.69 Å². The third kappa shape index (κ3) is 11.4. The quantitative estimate of drug-likeness (QED) is 0.0595. The zero-order valence-corrected chi connectivity index (χ0v) is 20.6. The van der Waals surface area contributed by atoms with Gasteiger partial charge in [0.2, 0.25) is 17.7 Å². The minimum atomic E-state index is -1.39. The van der Waals surface area contributed by atoms with E-state index in [1.165, 1.54) is 12.5 Å². The topological polar surface area (TPSA) is 281 Å². The summed E-state index contributed by atoms with van der Waals surface area (Å²) >= 11 is 0. The van der Waals surface area contributed by atoms with E-state index >= 15 is 0 Å². The molecule has 0 saturated heterocycles. The average Bonchev–Trinajstić information content (AvgIpc) is 3.30. The smallest absolute Gasteiger partial charge is 0.326 e. The summed E-state index contributed by atoms with van der Waals surface area (Å²) in [6.45, 7) is 3.41. The molecule has 1 rings (SSSR count). The number of aliphatic imine (C=N–C) groups is 1. The lowest BCUT2D eigenvalue weighted by atomic mass is 10.0. The van der Waals surface area contributed by atoms with Crippen molar-refractivity contribution in [1.82, 2.24) is 25.9 Å². The number of guanidine groups is 1. The van der Waals surface area contributed by atoms with Gasteiger partial charge in [0.25, 0.3) is 0 Å². The Kier molecular flexibility index (Phi) is 12.5. The Morgan fingerprint density at radius 1 is 1.03 bits per heavy atom. The molecule has 0 aromatic carbocycles. The Morgan fingerprint density at radius 3 is 2.19 bits per heavy atom.